The molecule has 2 aromatic heterocycles. The zero-order valence-electron chi connectivity index (χ0n) is 12.6. The van der Waals surface area contributed by atoms with Crippen molar-refractivity contribution in [3.63, 3.8) is 0 Å². The average Bonchev–Trinajstić information content (AvgIpc) is 2.54. The van der Waals surface area contributed by atoms with Gasteiger partial charge in [-0.1, -0.05) is 13.3 Å². The largest absolute Gasteiger partial charge is 0.324 e. The number of pyridine rings is 2. The summed E-state index contributed by atoms with van der Waals surface area (Å²) in [6, 6.07) is 7.45. The fourth-order valence-corrected chi connectivity index (χ4v) is 2.71. The number of carbonyl (C=O) groups is 1. The van der Waals surface area contributed by atoms with Crippen LogP contribution in [0.2, 0.25) is 0 Å². The van der Waals surface area contributed by atoms with Crippen LogP contribution in [-0.2, 0) is 4.79 Å². The average molecular weight is 296 g/mol. The lowest BCUT2D eigenvalue weighted by Gasteiger charge is -2.18. The molecule has 0 saturated carbocycles. The molecule has 2 atom stereocenters. The van der Waals surface area contributed by atoms with E-state index in [2.05, 4.69) is 15.3 Å². The highest BCUT2D eigenvalue weighted by molar-refractivity contribution is 5.95. The Morgan fingerprint density at radius 1 is 1.23 bits per heavy atom. The van der Waals surface area contributed by atoms with Gasteiger partial charge in [0.25, 0.3) is 0 Å². The first-order chi connectivity index (χ1) is 10.6. The number of anilines is 1. The van der Waals surface area contributed by atoms with E-state index in [1.165, 1.54) is 0 Å². The van der Waals surface area contributed by atoms with Crippen LogP contribution in [0.3, 0.4) is 0 Å². The lowest BCUT2D eigenvalue weighted by atomic mass is 9.97. The molecule has 3 N–H and O–H groups in total. The van der Waals surface area contributed by atoms with Crippen molar-refractivity contribution in [2.24, 2.45) is 11.7 Å². The monoisotopic (exact) mass is 296 g/mol. The molecule has 0 aromatic carbocycles. The minimum absolute atomic E-state index is 0.0256. The number of amides is 1. The summed E-state index contributed by atoms with van der Waals surface area (Å²) < 4.78 is 0. The number of fused-ring (bicyclic) bond motifs is 4. The second-order valence-corrected chi connectivity index (χ2v) is 5.80. The number of nitrogens with zero attached hydrogens (tertiary/aromatic N) is 2. The van der Waals surface area contributed by atoms with E-state index in [1.54, 1.807) is 12.4 Å². The number of rotatable bonds is 0. The van der Waals surface area contributed by atoms with Crippen LogP contribution >= 0.6 is 0 Å². The summed E-state index contributed by atoms with van der Waals surface area (Å²) in [5.41, 5.74) is 9.50. The highest BCUT2D eigenvalue weighted by atomic mass is 16.1. The molecule has 0 spiro atoms. The number of aromatic nitrogens is 2. The molecule has 0 fully saturated rings. The van der Waals surface area contributed by atoms with Crippen LogP contribution in [0, 0.1) is 5.92 Å². The summed E-state index contributed by atoms with van der Waals surface area (Å²) in [5.74, 6) is -0.0244. The van der Waals surface area contributed by atoms with Crippen LogP contribution in [0.4, 0.5) is 5.69 Å². The van der Waals surface area contributed by atoms with Gasteiger partial charge in [-0.3, -0.25) is 14.8 Å². The Hall–Kier alpha value is -2.27. The van der Waals surface area contributed by atoms with Gasteiger partial charge in [0.05, 0.1) is 17.1 Å². The van der Waals surface area contributed by atoms with Gasteiger partial charge in [-0.05, 0) is 37.1 Å². The summed E-state index contributed by atoms with van der Waals surface area (Å²) >= 11 is 0. The van der Waals surface area contributed by atoms with Crippen molar-refractivity contribution < 1.29 is 4.79 Å². The molecular weight excluding hydrogens is 276 g/mol. The number of hydrogen-bond acceptors (Lipinski definition) is 4. The van der Waals surface area contributed by atoms with E-state index in [1.807, 2.05) is 31.2 Å². The molecule has 0 unspecified atom stereocenters. The van der Waals surface area contributed by atoms with Crippen molar-refractivity contribution in [2.75, 3.05) is 5.32 Å². The minimum Gasteiger partial charge on any atom is -0.324 e. The van der Waals surface area contributed by atoms with Gasteiger partial charge in [-0.15, -0.1) is 0 Å². The summed E-state index contributed by atoms with van der Waals surface area (Å²) in [4.78, 5) is 21.1. The number of hydrogen-bond donors (Lipinski definition) is 2. The molecule has 3 heterocycles. The predicted octanol–water partition coefficient (Wildman–Crippen LogP) is 2.90. The number of carbonyl (C=O) groups excluding carboxylic acids is 1. The molecule has 1 amide bonds. The third-order valence-corrected chi connectivity index (χ3v) is 4.10. The fourth-order valence-electron chi connectivity index (χ4n) is 2.71. The van der Waals surface area contributed by atoms with Gasteiger partial charge in [-0.25, -0.2) is 0 Å². The third-order valence-electron chi connectivity index (χ3n) is 4.10. The van der Waals surface area contributed by atoms with Crippen LogP contribution in [0.5, 0.6) is 0 Å². The summed E-state index contributed by atoms with van der Waals surface area (Å²) in [7, 11) is 0. The Morgan fingerprint density at radius 2 is 2.09 bits per heavy atom. The normalized spacial score (nSPS) is 22.0. The quantitative estimate of drug-likeness (QED) is 0.783. The predicted molar refractivity (Wildman–Crippen MR) is 86.0 cm³/mol. The Bertz CT molecular complexity index is 686. The maximum Gasteiger partial charge on any atom is 0.227 e. The Morgan fingerprint density at radius 3 is 2.95 bits per heavy atom. The van der Waals surface area contributed by atoms with E-state index in [4.69, 9.17) is 5.73 Å². The van der Waals surface area contributed by atoms with E-state index in [0.29, 0.717) is 0 Å². The Balaban J connectivity index is 2.09. The zero-order chi connectivity index (χ0) is 15.5. The molecule has 0 aliphatic carbocycles. The van der Waals surface area contributed by atoms with Gasteiger partial charge in [0.1, 0.15) is 0 Å². The first kappa shape index (κ1) is 14.7. The Labute approximate surface area is 130 Å². The van der Waals surface area contributed by atoms with E-state index in [9.17, 15) is 4.79 Å². The molecule has 3 rings (SSSR count). The summed E-state index contributed by atoms with van der Waals surface area (Å²) in [5, 5.41) is 3.00. The van der Waals surface area contributed by atoms with Gasteiger partial charge < -0.3 is 11.1 Å². The Kier molecular flexibility index (Phi) is 4.15. The number of nitrogens with one attached hydrogen (secondary N) is 1. The summed E-state index contributed by atoms with van der Waals surface area (Å²) in [6.45, 7) is 1.94. The van der Waals surface area contributed by atoms with Crippen molar-refractivity contribution in [3.8, 4) is 11.3 Å². The maximum absolute atomic E-state index is 12.3. The fraction of sp³-hybridized carbons (Fsp3) is 0.353. The van der Waals surface area contributed by atoms with Gasteiger partial charge in [0, 0.05) is 29.9 Å². The minimum atomic E-state index is -0.109. The first-order valence-corrected chi connectivity index (χ1v) is 7.63. The van der Waals surface area contributed by atoms with Crippen molar-refractivity contribution in [3.05, 3.63) is 42.4 Å². The van der Waals surface area contributed by atoms with Crippen molar-refractivity contribution in [1.29, 1.82) is 0 Å². The van der Waals surface area contributed by atoms with Gasteiger partial charge in [-0.2, -0.15) is 0 Å². The molecule has 0 radical (unpaired) electrons. The van der Waals surface area contributed by atoms with Gasteiger partial charge in [0.15, 0.2) is 0 Å². The SMILES string of the molecule is C[C@@H]1CCC[C@H](N)c2cc(ccn2)-c2ncccc2NC1=O. The van der Waals surface area contributed by atoms with Crippen molar-refractivity contribution in [2.45, 2.75) is 32.2 Å². The number of nitrogens with two attached hydrogens (primary N) is 1. The van der Waals surface area contributed by atoms with Crippen LogP contribution in [0.25, 0.3) is 11.3 Å². The molecule has 22 heavy (non-hydrogen) atoms. The lowest BCUT2D eigenvalue weighted by Crippen LogP contribution is -2.22. The maximum atomic E-state index is 12.3. The van der Waals surface area contributed by atoms with Crippen molar-refractivity contribution >= 4 is 11.6 Å². The second kappa shape index (κ2) is 6.23. The molecule has 2 aromatic rings. The second-order valence-electron chi connectivity index (χ2n) is 5.80. The van der Waals surface area contributed by atoms with E-state index < -0.39 is 0 Å². The topological polar surface area (TPSA) is 80.9 Å². The molecule has 114 valence electrons. The highest BCUT2D eigenvalue weighted by Gasteiger charge is 2.18. The van der Waals surface area contributed by atoms with Crippen LogP contribution < -0.4 is 11.1 Å². The smallest absolute Gasteiger partial charge is 0.227 e. The van der Waals surface area contributed by atoms with Crippen LogP contribution in [0.15, 0.2) is 36.7 Å². The summed E-state index contributed by atoms with van der Waals surface area (Å²) in [6.07, 6.45) is 6.01. The van der Waals surface area contributed by atoms with E-state index in [-0.39, 0.29) is 17.9 Å². The molecule has 0 saturated heterocycles. The first-order valence-electron chi connectivity index (χ1n) is 7.63. The molecule has 2 bridgehead atoms. The molecule has 1 aliphatic heterocycles. The van der Waals surface area contributed by atoms with E-state index in [0.717, 1.165) is 41.9 Å². The van der Waals surface area contributed by atoms with Crippen LogP contribution in [0.1, 0.15) is 37.9 Å². The van der Waals surface area contributed by atoms with E-state index >= 15 is 0 Å². The van der Waals surface area contributed by atoms with Gasteiger partial charge >= 0.3 is 0 Å². The molecule has 1 aliphatic rings. The zero-order valence-corrected chi connectivity index (χ0v) is 12.6. The third kappa shape index (κ3) is 2.99. The van der Waals surface area contributed by atoms with Crippen LogP contribution in [-0.4, -0.2) is 15.9 Å². The van der Waals surface area contributed by atoms with Crippen molar-refractivity contribution in [1.82, 2.24) is 9.97 Å². The van der Waals surface area contributed by atoms with Gasteiger partial charge in [0.2, 0.25) is 5.91 Å². The molecule has 5 heteroatoms. The molecule has 5 nitrogen and oxygen atoms in total. The standard InChI is InChI=1S/C17H20N4O/c1-11-4-2-5-13(18)15-10-12(7-9-19-15)16-14(21-17(11)22)6-3-8-20-16/h3,6-11,13H,2,4-5,18H2,1H3,(H,21,22)/t11-,13+/m1/s1. The highest BCUT2D eigenvalue weighted by Crippen LogP contribution is 2.29. The lowest BCUT2D eigenvalue weighted by molar-refractivity contribution is -0.119. The molecular formula is C17H20N4O.